The zero-order valence-electron chi connectivity index (χ0n) is 9.51. The lowest BCUT2D eigenvalue weighted by Crippen LogP contribution is -2.13. The number of hydrogen-bond acceptors (Lipinski definition) is 3. The average molecular weight is 283 g/mol. The summed E-state index contributed by atoms with van der Waals surface area (Å²) in [7, 11) is 0. The van der Waals surface area contributed by atoms with Crippen LogP contribution in [0.1, 0.15) is 19.4 Å². The molecule has 0 aliphatic rings. The molecule has 100 valence electrons. The summed E-state index contributed by atoms with van der Waals surface area (Å²) in [6, 6.07) is 0.938. The van der Waals surface area contributed by atoms with Crippen LogP contribution in [0, 0.1) is 10.1 Å². The second kappa shape index (κ2) is 5.01. The monoisotopic (exact) mass is 282 g/mol. The van der Waals surface area contributed by atoms with E-state index in [2.05, 4.69) is 5.32 Å². The van der Waals surface area contributed by atoms with Crippen molar-refractivity contribution in [3.63, 3.8) is 0 Å². The van der Waals surface area contributed by atoms with E-state index in [1.165, 1.54) is 0 Å². The Bertz CT molecular complexity index is 475. The summed E-state index contributed by atoms with van der Waals surface area (Å²) in [5.74, 6) is 0. The maximum atomic E-state index is 12.5. The van der Waals surface area contributed by atoms with Crippen molar-refractivity contribution in [1.82, 2.24) is 0 Å². The SMILES string of the molecule is CC(C)Nc1c(Cl)cc(C(F)(F)F)cc1[N+](=O)[O-]. The molecule has 0 bridgehead atoms. The van der Waals surface area contributed by atoms with Gasteiger partial charge in [-0.25, -0.2) is 0 Å². The molecule has 18 heavy (non-hydrogen) atoms. The molecule has 0 aliphatic carbocycles. The molecule has 0 spiro atoms. The van der Waals surface area contributed by atoms with Gasteiger partial charge in [-0.05, 0) is 19.9 Å². The topological polar surface area (TPSA) is 55.2 Å². The molecule has 1 rings (SSSR count). The molecule has 0 aliphatic heterocycles. The summed E-state index contributed by atoms with van der Waals surface area (Å²) in [5, 5.41) is 13.1. The number of alkyl halides is 3. The molecular formula is C10H10ClF3N2O2. The van der Waals surface area contributed by atoms with Crippen molar-refractivity contribution in [2.75, 3.05) is 5.32 Å². The second-order valence-electron chi connectivity index (χ2n) is 3.91. The maximum absolute atomic E-state index is 12.5. The normalized spacial score (nSPS) is 11.7. The third kappa shape index (κ3) is 3.25. The minimum absolute atomic E-state index is 0.107. The lowest BCUT2D eigenvalue weighted by Gasteiger charge is -2.14. The van der Waals surface area contributed by atoms with Gasteiger partial charge in [-0.2, -0.15) is 13.2 Å². The van der Waals surface area contributed by atoms with Gasteiger partial charge in [0.15, 0.2) is 0 Å². The Balaban J connectivity index is 3.41. The van der Waals surface area contributed by atoms with Gasteiger partial charge in [0.1, 0.15) is 5.69 Å². The molecule has 0 amide bonds. The molecule has 0 atom stereocenters. The Kier molecular flexibility index (Phi) is 4.05. The van der Waals surface area contributed by atoms with Crippen LogP contribution in [-0.2, 0) is 6.18 Å². The molecule has 8 heteroatoms. The van der Waals surface area contributed by atoms with E-state index in [4.69, 9.17) is 11.6 Å². The fourth-order valence-electron chi connectivity index (χ4n) is 1.33. The average Bonchev–Trinajstić information content (AvgIpc) is 2.17. The van der Waals surface area contributed by atoms with E-state index < -0.39 is 22.4 Å². The number of nitrogens with zero attached hydrogens (tertiary/aromatic N) is 1. The van der Waals surface area contributed by atoms with Gasteiger partial charge in [-0.1, -0.05) is 11.6 Å². The fourth-order valence-corrected chi connectivity index (χ4v) is 1.60. The number of rotatable bonds is 3. The minimum atomic E-state index is -4.68. The van der Waals surface area contributed by atoms with E-state index in [0.717, 1.165) is 0 Å². The van der Waals surface area contributed by atoms with E-state index in [-0.39, 0.29) is 16.8 Å². The summed E-state index contributed by atoms with van der Waals surface area (Å²) in [5.41, 5.74) is -1.94. The van der Waals surface area contributed by atoms with Gasteiger partial charge in [-0.15, -0.1) is 0 Å². The number of hydrogen-bond donors (Lipinski definition) is 1. The number of nitro benzene ring substituents is 1. The largest absolute Gasteiger partial charge is 0.416 e. The van der Waals surface area contributed by atoms with Crippen LogP contribution in [0.15, 0.2) is 12.1 Å². The van der Waals surface area contributed by atoms with Crippen molar-refractivity contribution in [1.29, 1.82) is 0 Å². The summed E-state index contributed by atoms with van der Waals surface area (Å²) in [4.78, 5) is 9.88. The van der Waals surface area contributed by atoms with Crippen molar-refractivity contribution in [2.45, 2.75) is 26.1 Å². The molecule has 4 nitrogen and oxygen atoms in total. The van der Waals surface area contributed by atoms with E-state index in [9.17, 15) is 23.3 Å². The highest BCUT2D eigenvalue weighted by molar-refractivity contribution is 6.33. The first-order chi connectivity index (χ1) is 8.12. The Labute approximate surface area is 106 Å². The number of halogens is 4. The highest BCUT2D eigenvalue weighted by Gasteiger charge is 2.34. The highest BCUT2D eigenvalue weighted by atomic mass is 35.5. The molecule has 0 radical (unpaired) electrons. The Morgan fingerprint density at radius 2 is 1.94 bits per heavy atom. The van der Waals surface area contributed by atoms with Gasteiger partial charge in [0.2, 0.25) is 0 Å². The van der Waals surface area contributed by atoms with Gasteiger partial charge >= 0.3 is 6.18 Å². The number of anilines is 1. The first-order valence-corrected chi connectivity index (χ1v) is 5.32. The Hall–Kier alpha value is -1.50. The fraction of sp³-hybridized carbons (Fsp3) is 0.400. The predicted octanol–water partition coefficient (Wildman–Crippen LogP) is 4.09. The third-order valence-electron chi connectivity index (χ3n) is 2.03. The summed E-state index contributed by atoms with van der Waals surface area (Å²) < 4.78 is 37.5. The van der Waals surface area contributed by atoms with Gasteiger partial charge in [0.05, 0.1) is 15.5 Å². The third-order valence-corrected chi connectivity index (χ3v) is 2.32. The van der Waals surface area contributed by atoms with Crippen LogP contribution in [0.3, 0.4) is 0 Å². The van der Waals surface area contributed by atoms with E-state index in [0.29, 0.717) is 12.1 Å². The van der Waals surface area contributed by atoms with Crippen LogP contribution in [-0.4, -0.2) is 11.0 Å². The van der Waals surface area contributed by atoms with Crippen LogP contribution in [0.25, 0.3) is 0 Å². The first kappa shape index (κ1) is 14.6. The van der Waals surface area contributed by atoms with E-state index >= 15 is 0 Å². The van der Waals surface area contributed by atoms with Crippen LogP contribution in [0.4, 0.5) is 24.5 Å². The van der Waals surface area contributed by atoms with Gasteiger partial charge in [0, 0.05) is 12.1 Å². The van der Waals surface area contributed by atoms with Gasteiger partial charge < -0.3 is 5.32 Å². The van der Waals surface area contributed by atoms with Crippen molar-refractivity contribution >= 4 is 23.0 Å². The molecule has 0 saturated carbocycles. The smallest absolute Gasteiger partial charge is 0.376 e. The minimum Gasteiger partial charge on any atom is -0.376 e. The predicted molar refractivity (Wildman–Crippen MR) is 61.9 cm³/mol. The zero-order valence-corrected chi connectivity index (χ0v) is 10.3. The highest BCUT2D eigenvalue weighted by Crippen LogP contribution is 2.39. The molecule has 0 unspecified atom stereocenters. The number of nitro groups is 1. The zero-order chi connectivity index (χ0) is 14.1. The molecule has 1 aromatic rings. The first-order valence-electron chi connectivity index (χ1n) is 4.94. The summed E-state index contributed by atoms with van der Waals surface area (Å²) in [6.07, 6.45) is -4.68. The molecule has 0 aromatic heterocycles. The van der Waals surface area contributed by atoms with E-state index in [1.54, 1.807) is 13.8 Å². The maximum Gasteiger partial charge on any atom is 0.416 e. The van der Waals surface area contributed by atoms with Crippen molar-refractivity contribution in [2.24, 2.45) is 0 Å². The van der Waals surface area contributed by atoms with Crippen molar-refractivity contribution < 1.29 is 18.1 Å². The van der Waals surface area contributed by atoms with Gasteiger partial charge in [-0.3, -0.25) is 10.1 Å². The number of benzene rings is 1. The lowest BCUT2D eigenvalue weighted by molar-refractivity contribution is -0.384. The standard InChI is InChI=1S/C10H10ClF3N2O2/c1-5(2)15-9-7(11)3-6(10(12,13)14)4-8(9)16(17)18/h3-5,15H,1-2H3. The summed E-state index contributed by atoms with van der Waals surface area (Å²) >= 11 is 5.66. The molecular weight excluding hydrogens is 273 g/mol. The lowest BCUT2D eigenvalue weighted by atomic mass is 10.1. The second-order valence-corrected chi connectivity index (χ2v) is 4.31. The van der Waals surface area contributed by atoms with Crippen LogP contribution in [0.5, 0.6) is 0 Å². The van der Waals surface area contributed by atoms with E-state index in [1.807, 2.05) is 0 Å². The quantitative estimate of drug-likeness (QED) is 0.671. The number of nitrogens with one attached hydrogen (secondary N) is 1. The van der Waals surface area contributed by atoms with Crippen LogP contribution < -0.4 is 5.32 Å². The molecule has 0 heterocycles. The molecule has 1 aromatic carbocycles. The Morgan fingerprint density at radius 3 is 2.33 bits per heavy atom. The summed E-state index contributed by atoms with van der Waals surface area (Å²) in [6.45, 7) is 3.38. The van der Waals surface area contributed by atoms with Crippen LogP contribution in [0.2, 0.25) is 5.02 Å². The van der Waals surface area contributed by atoms with Crippen molar-refractivity contribution in [3.8, 4) is 0 Å². The Morgan fingerprint density at radius 1 is 1.39 bits per heavy atom. The van der Waals surface area contributed by atoms with Gasteiger partial charge in [0.25, 0.3) is 5.69 Å². The molecule has 1 N–H and O–H groups in total. The van der Waals surface area contributed by atoms with Crippen LogP contribution >= 0.6 is 11.6 Å². The van der Waals surface area contributed by atoms with Crippen molar-refractivity contribution in [3.05, 3.63) is 32.8 Å². The molecule has 0 fully saturated rings. The molecule has 0 saturated heterocycles.